The highest BCUT2D eigenvalue weighted by molar-refractivity contribution is 5.76. The SMILES string of the molecule is NC(=O)C1CC[NH+](C[C@H](O)COc2ccccc2F)CC1. The van der Waals surface area contributed by atoms with Gasteiger partial charge in [-0.1, -0.05) is 12.1 Å². The first-order valence-corrected chi connectivity index (χ1v) is 7.24. The molecule has 0 saturated carbocycles. The summed E-state index contributed by atoms with van der Waals surface area (Å²) in [5.74, 6) is -0.559. The van der Waals surface area contributed by atoms with Crippen LogP contribution in [-0.4, -0.2) is 43.4 Å². The number of primary amides is 1. The zero-order valence-electron chi connectivity index (χ0n) is 11.9. The van der Waals surface area contributed by atoms with Crippen LogP contribution in [0.2, 0.25) is 0 Å². The summed E-state index contributed by atoms with van der Waals surface area (Å²) in [6.45, 7) is 2.21. The van der Waals surface area contributed by atoms with Gasteiger partial charge in [-0.3, -0.25) is 4.79 Å². The smallest absolute Gasteiger partial charge is 0.220 e. The van der Waals surface area contributed by atoms with Crippen molar-refractivity contribution in [2.24, 2.45) is 11.7 Å². The molecule has 0 unspecified atom stereocenters. The van der Waals surface area contributed by atoms with Crippen molar-refractivity contribution in [3.05, 3.63) is 30.1 Å². The van der Waals surface area contributed by atoms with Crippen LogP contribution in [-0.2, 0) is 4.79 Å². The third kappa shape index (κ3) is 4.68. The Morgan fingerprint density at radius 3 is 2.71 bits per heavy atom. The summed E-state index contributed by atoms with van der Waals surface area (Å²) in [5, 5.41) is 9.97. The number of hydrogen-bond donors (Lipinski definition) is 3. The molecule has 116 valence electrons. The van der Waals surface area contributed by atoms with Crippen LogP contribution >= 0.6 is 0 Å². The fraction of sp³-hybridized carbons (Fsp3) is 0.533. The molecule has 1 amide bonds. The van der Waals surface area contributed by atoms with Crippen LogP contribution < -0.4 is 15.4 Å². The second kappa shape index (κ2) is 7.38. The molecule has 21 heavy (non-hydrogen) atoms. The summed E-state index contributed by atoms with van der Waals surface area (Å²) in [5.41, 5.74) is 5.29. The zero-order valence-corrected chi connectivity index (χ0v) is 11.9. The number of quaternary nitrogens is 1. The molecule has 6 heteroatoms. The van der Waals surface area contributed by atoms with Gasteiger partial charge in [0.1, 0.15) is 19.3 Å². The second-order valence-electron chi connectivity index (χ2n) is 5.53. The van der Waals surface area contributed by atoms with Crippen LogP contribution in [0.3, 0.4) is 0 Å². The van der Waals surface area contributed by atoms with Crippen molar-refractivity contribution >= 4 is 5.91 Å². The number of rotatable bonds is 6. The van der Waals surface area contributed by atoms with Gasteiger partial charge in [-0.05, 0) is 12.1 Å². The zero-order chi connectivity index (χ0) is 15.2. The molecular formula is C15H22FN2O3+. The van der Waals surface area contributed by atoms with Gasteiger partial charge in [0.2, 0.25) is 5.91 Å². The molecular weight excluding hydrogens is 275 g/mol. The molecule has 1 fully saturated rings. The lowest BCUT2D eigenvalue weighted by atomic mass is 9.96. The maximum Gasteiger partial charge on any atom is 0.220 e. The van der Waals surface area contributed by atoms with Gasteiger partial charge < -0.3 is 20.5 Å². The molecule has 0 aliphatic carbocycles. The van der Waals surface area contributed by atoms with Gasteiger partial charge >= 0.3 is 0 Å². The van der Waals surface area contributed by atoms with E-state index in [0.717, 1.165) is 25.9 Å². The van der Waals surface area contributed by atoms with E-state index >= 15 is 0 Å². The monoisotopic (exact) mass is 297 g/mol. The molecule has 1 atom stereocenters. The number of aliphatic hydroxyl groups is 1. The van der Waals surface area contributed by atoms with E-state index in [1.54, 1.807) is 12.1 Å². The fourth-order valence-electron chi connectivity index (χ4n) is 2.65. The number of nitrogens with one attached hydrogen (secondary N) is 1. The first kappa shape index (κ1) is 15.7. The summed E-state index contributed by atoms with van der Waals surface area (Å²) in [6, 6.07) is 6.13. The number of carbonyl (C=O) groups is 1. The van der Waals surface area contributed by atoms with Crippen molar-refractivity contribution in [1.29, 1.82) is 0 Å². The van der Waals surface area contributed by atoms with E-state index in [1.165, 1.54) is 17.0 Å². The Morgan fingerprint density at radius 2 is 2.10 bits per heavy atom. The number of benzene rings is 1. The molecule has 5 nitrogen and oxygen atoms in total. The van der Waals surface area contributed by atoms with Crippen molar-refractivity contribution in [3.8, 4) is 5.75 Å². The molecule has 0 spiro atoms. The normalized spacial score (nSPS) is 23.5. The summed E-state index contributed by atoms with van der Waals surface area (Å²) in [6.07, 6.45) is 0.849. The van der Waals surface area contributed by atoms with Crippen molar-refractivity contribution in [1.82, 2.24) is 0 Å². The lowest BCUT2D eigenvalue weighted by molar-refractivity contribution is -0.908. The molecule has 0 bridgehead atoms. The third-order valence-electron chi connectivity index (χ3n) is 3.89. The van der Waals surface area contributed by atoms with Crippen molar-refractivity contribution in [2.45, 2.75) is 18.9 Å². The van der Waals surface area contributed by atoms with E-state index in [0.29, 0.717) is 6.54 Å². The Hall–Kier alpha value is -1.66. The Bertz CT molecular complexity index is 476. The number of ether oxygens (including phenoxy) is 1. The molecule has 1 heterocycles. The summed E-state index contributed by atoms with van der Waals surface area (Å²) in [7, 11) is 0. The summed E-state index contributed by atoms with van der Waals surface area (Å²) in [4.78, 5) is 12.3. The number of hydrogen-bond acceptors (Lipinski definition) is 3. The van der Waals surface area contributed by atoms with E-state index in [1.807, 2.05) is 0 Å². The molecule has 2 rings (SSSR count). The van der Waals surface area contributed by atoms with E-state index in [9.17, 15) is 14.3 Å². The fourth-order valence-corrected chi connectivity index (χ4v) is 2.65. The van der Waals surface area contributed by atoms with Crippen LogP contribution in [0, 0.1) is 11.7 Å². The molecule has 4 N–H and O–H groups in total. The molecule has 1 aromatic rings. The predicted octanol–water partition coefficient (Wildman–Crippen LogP) is -0.654. The lowest BCUT2D eigenvalue weighted by Crippen LogP contribution is -3.14. The van der Waals surface area contributed by atoms with Crippen molar-refractivity contribution in [2.75, 3.05) is 26.2 Å². The molecule has 1 aliphatic rings. The van der Waals surface area contributed by atoms with Gasteiger partial charge in [0, 0.05) is 18.8 Å². The van der Waals surface area contributed by atoms with Crippen molar-refractivity contribution < 1.29 is 23.9 Å². The number of halogens is 1. The minimum atomic E-state index is -0.662. The van der Waals surface area contributed by atoms with E-state index in [2.05, 4.69) is 0 Å². The minimum Gasteiger partial charge on any atom is -0.488 e. The minimum absolute atomic E-state index is 0.0412. The highest BCUT2D eigenvalue weighted by Crippen LogP contribution is 2.15. The van der Waals surface area contributed by atoms with Gasteiger partial charge in [0.15, 0.2) is 11.6 Å². The van der Waals surface area contributed by atoms with E-state index in [4.69, 9.17) is 10.5 Å². The summed E-state index contributed by atoms with van der Waals surface area (Å²) >= 11 is 0. The van der Waals surface area contributed by atoms with Crippen LogP contribution in [0.1, 0.15) is 12.8 Å². The van der Waals surface area contributed by atoms with E-state index < -0.39 is 11.9 Å². The first-order chi connectivity index (χ1) is 10.1. The Kier molecular flexibility index (Phi) is 5.52. The van der Waals surface area contributed by atoms with Gasteiger partial charge in [-0.2, -0.15) is 0 Å². The van der Waals surface area contributed by atoms with Crippen LogP contribution in [0.5, 0.6) is 5.75 Å². The molecule has 1 aromatic carbocycles. The highest BCUT2D eigenvalue weighted by Gasteiger charge is 2.27. The van der Waals surface area contributed by atoms with E-state index in [-0.39, 0.29) is 24.2 Å². The number of likely N-dealkylation sites (tertiary alicyclic amines) is 1. The topological polar surface area (TPSA) is 77.0 Å². The molecule has 1 saturated heterocycles. The average Bonchev–Trinajstić information content (AvgIpc) is 2.47. The van der Waals surface area contributed by atoms with Gasteiger partial charge in [0.05, 0.1) is 13.1 Å². The number of para-hydroxylation sites is 1. The van der Waals surface area contributed by atoms with Crippen LogP contribution in [0.4, 0.5) is 4.39 Å². The van der Waals surface area contributed by atoms with Crippen LogP contribution in [0.15, 0.2) is 24.3 Å². The number of nitrogens with two attached hydrogens (primary N) is 1. The average molecular weight is 297 g/mol. The van der Waals surface area contributed by atoms with Gasteiger partial charge in [-0.25, -0.2) is 4.39 Å². The maximum absolute atomic E-state index is 13.4. The highest BCUT2D eigenvalue weighted by atomic mass is 19.1. The van der Waals surface area contributed by atoms with Crippen molar-refractivity contribution in [3.63, 3.8) is 0 Å². The standard InChI is InChI=1S/C15H21FN2O3/c16-13-3-1-2-4-14(13)21-10-12(19)9-18-7-5-11(6-8-18)15(17)20/h1-4,11-12,19H,5-10H2,(H2,17,20)/p+1/t12-/m0/s1. The number of piperidine rings is 1. The first-order valence-electron chi connectivity index (χ1n) is 7.24. The quantitative estimate of drug-likeness (QED) is 0.653. The molecule has 0 radical (unpaired) electrons. The predicted molar refractivity (Wildman–Crippen MR) is 75.4 cm³/mol. The lowest BCUT2D eigenvalue weighted by Gasteiger charge is -2.29. The Balaban J connectivity index is 1.72. The third-order valence-corrected chi connectivity index (χ3v) is 3.89. The number of carbonyl (C=O) groups excluding carboxylic acids is 1. The number of amides is 1. The second-order valence-corrected chi connectivity index (χ2v) is 5.53. The molecule has 0 aromatic heterocycles. The Labute approximate surface area is 123 Å². The van der Waals surface area contributed by atoms with Gasteiger partial charge in [0.25, 0.3) is 0 Å². The number of aliphatic hydroxyl groups excluding tert-OH is 1. The largest absolute Gasteiger partial charge is 0.488 e. The maximum atomic E-state index is 13.4. The van der Waals surface area contributed by atoms with Gasteiger partial charge in [-0.15, -0.1) is 0 Å². The summed E-state index contributed by atoms with van der Waals surface area (Å²) < 4.78 is 18.6. The Morgan fingerprint density at radius 1 is 1.43 bits per heavy atom. The molecule has 1 aliphatic heterocycles. The van der Waals surface area contributed by atoms with Crippen LogP contribution in [0.25, 0.3) is 0 Å².